The first-order valence-corrected chi connectivity index (χ1v) is 12.6. The lowest BCUT2D eigenvalue weighted by molar-refractivity contribution is -0.136. The minimum Gasteiger partial charge on any atom is -0.481 e. The highest BCUT2D eigenvalue weighted by Crippen LogP contribution is 2.25. The van der Waals surface area contributed by atoms with Crippen LogP contribution in [0.4, 0.5) is 5.69 Å². The number of rotatable bonds is 13. The van der Waals surface area contributed by atoms with Crippen LogP contribution in [-0.2, 0) is 16.0 Å². The summed E-state index contributed by atoms with van der Waals surface area (Å²) in [4.78, 5) is 26.3. The molecule has 0 saturated carbocycles. The summed E-state index contributed by atoms with van der Waals surface area (Å²) in [5.41, 5.74) is 5.95. The number of amides is 1. The molecule has 0 aliphatic rings. The average molecular weight is 500 g/mol. The molecule has 7 nitrogen and oxygen atoms in total. The number of carboxylic acids is 1. The quantitative estimate of drug-likeness (QED) is 0.182. The van der Waals surface area contributed by atoms with Crippen molar-refractivity contribution in [1.82, 2.24) is 10.3 Å². The molecule has 0 spiro atoms. The van der Waals surface area contributed by atoms with E-state index in [1.54, 1.807) is 12.1 Å². The van der Waals surface area contributed by atoms with Gasteiger partial charge in [-0.05, 0) is 60.4 Å². The Morgan fingerprint density at radius 3 is 2.46 bits per heavy atom. The Hall–Kier alpha value is -4.10. The maximum Gasteiger partial charge on any atom is 0.305 e. The van der Waals surface area contributed by atoms with E-state index in [-0.39, 0.29) is 24.9 Å². The summed E-state index contributed by atoms with van der Waals surface area (Å²) in [6.07, 6.45) is 1.64. The minimum atomic E-state index is -0.941. The van der Waals surface area contributed by atoms with E-state index in [9.17, 15) is 9.59 Å². The van der Waals surface area contributed by atoms with Crippen molar-refractivity contribution in [2.45, 2.75) is 32.2 Å². The maximum atomic E-state index is 12.2. The molecule has 4 aromatic rings. The normalized spacial score (nSPS) is 11.8. The first kappa shape index (κ1) is 26.0. The van der Waals surface area contributed by atoms with Gasteiger partial charge in [-0.25, -0.2) is 0 Å². The van der Waals surface area contributed by atoms with E-state index in [0.717, 1.165) is 35.3 Å². The van der Waals surface area contributed by atoms with E-state index in [4.69, 9.17) is 9.84 Å². The zero-order chi connectivity index (χ0) is 26.0. The lowest BCUT2D eigenvalue weighted by atomic mass is 10.0. The fourth-order valence-electron chi connectivity index (χ4n) is 4.19. The highest BCUT2D eigenvalue weighted by molar-refractivity contribution is 5.94. The van der Waals surface area contributed by atoms with Gasteiger partial charge in [0.2, 0.25) is 0 Å². The Balaban J connectivity index is 1.39. The molecule has 1 amide bonds. The van der Waals surface area contributed by atoms with Crippen LogP contribution in [0.3, 0.4) is 0 Å². The number of aromatic amines is 1. The number of ether oxygens (including phenoxy) is 1. The number of aromatic nitrogens is 1. The molecule has 0 fully saturated rings. The molecule has 4 N–H and O–H groups in total. The molecule has 0 unspecified atom stereocenters. The number of nitrogens with one attached hydrogen (secondary N) is 3. The highest BCUT2D eigenvalue weighted by atomic mass is 16.5. The Morgan fingerprint density at radius 2 is 1.76 bits per heavy atom. The Labute approximate surface area is 216 Å². The third-order valence-electron chi connectivity index (χ3n) is 6.09. The van der Waals surface area contributed by atoms with Crippen LogP contribution in [0.2, 0.25) is 0 Å². The number of fused-ring (bicyclic) bond motifs is 1. The number of carboxylic acid groups (broad SMARTS) is 1. The van der Waals surface area contributed by atoms with Crippen LogP contribution in [0.5, 0.6) is 0 Å². The molecular formula is C30H33N3O4. The van der Waals surface area contributed by atoms with Gasteiger partial charge in [0.1, 0.15) is 0 Å². The molecule has 0 saturated heterocycles. The van der Waals surface area contributed by atoms with Crippen molar-refractivity contribution in [2.24, 2.45) is 0 Å². The van der Waals surface area contributed by atoms with Crippen molar-refractivity contribution in [3.63, 3.8) is 0 Å². The van der Waals surface area contributed by atoms with E-state index in [1.165, 1.54) is 10.9 Å². The summed E-state index contributed by atoms with van der Waals surface area (Å²) in [5.74, 6) is -1.23. The van der Waals surface area contributed by atoms with Crippen molar-refractivity contribution in [3.8, 4) is 11.3 Å². The highest BCUT2D eigenvalue weighted by Gasteiger charge is 2.12. The molecular weight excluding hydrogens is 466 g/mol. The topological polar surface area (TPSA) is 103 Å². The first-order valence-electron chi connectivity index (χ1n) is 12.6. The van der Waals surface area contributed by atoms with Crippen molar-refractivity contribution < 1.29 is 19.4 Å². The molecule has 1 heterocycles. The lowest BCUT2D eigenvalue weighted by Crippen LogP contribution is -2.28. The third kappa shape index (κ3) is 7.44. The monoisotopic (exact) mass is 499 g/mol. The number of hydrogen-bond acceptors (Lipinski definition) is 4. The van der Waals surface area contributed by atoms with Crippen LogP contribution in [0.1, 0.15) is 35.7 Å². The number of hydrogen-bond donors (Lipinski definition) is 4. The number of anilines is 1. The number of para-hydroxylation sites is 1. The van der Waals surface area contributed by atoms with E-state index in [0.29, 0.717) is 18.8 Å². The van der Waals surface area contributed by atoms with Crippen LogP contribution >= 0.6 is 0 Å². The van der Waals surface area contributed by atoms with Gasteiger partial charge in [0.05, 0.1) is 19.1 Å². The van der Waals surface area contributed by atoms with Gasteiger partial charge in [0, 0.05) is 41.0 Å². The third-order valence-corrected chi connectivity index (χ3v) is 6.09. The van der Waals surface area contributed by atoms with Gasteiger partial charge in [-0.3, -0.25) is 9.59 Å². The summed E-state index contributed by atoms with van der Waals surface area (Å²) < 4.78 is 5.86. The van der Waals surface area contributed by atoms with Crippen molar-refractivity contribution in [2.75, 3.05) is 25.1 Å². The number of benzene rings is 3. The molecule has 7 heteroatoms. The number of carbonyl (C=O) groups excluding carboxylic acids is 1. The predicted molar refractivity (Wildman–Crippen MR) is 147 cm³/mol. The molecule has 3 aromatic carbocycles. The molecule has 192 valence electrons. The number of aliphatic carboxylic acids is 1. The van der Waals surface area contributed by atoms with Crippen molar-refractivity contribution in [3.05, 3.63) is 90.0 Å². The van der Waals surface area contributed by atoms with Gasteiger partial charge in [-0.15, -0.1) is 0 Å². The average Bonchev–Trinajstić information content (AvgIpc) is 3.34. The minimum absolute atomic E-state index is 0.0562. The maximum absolute atomic E-state index is 12.2. The largest absolute Gasteiger partial charge is 0.481 e. The summed E-state index contributed by atoms with van der Waals surface area (Å²) in [6, 6.07) is 26.3. The summed E-state index contributed by atoms with van der Waals surface area (Å²) in [6.45, 7) is 3.46. The second-order valence-electron chi connectivity index (χ2n) is 9.06. The molecule has 0 bridgehead atoms. The van der Waals surface area contributed by atoms with Crippen LogP contribution in [0, 0.1) is 0 Å². The SMILES string of the molecule is CCCOC[C@H](Cc1ccc(-c2cc3ccccc3[nH]2)cc1)Nc1ccc(C(=O)NCCC(=O)O)cc1. The molecule has 37 heavy (non-hydrogen) atoms. The van der Waals surface area contributed by atoms with Crippen LogP contribution in [-0.4, -0.2) is 47.8 Å². The second kappa shape index (κ2) is 12.7. The van der Waals surface area contributed by atoms with Crippen LogP contribution < -0.4 is 10.6 Å². The van der Waals surface area contributed by atoms with Gasteiger partial charge < -0.3 is 25.5 Å². The molecule has 0 aliphatic heterocycles. The molecule has 1 aromatic heterocycles. The molecule has 0 radical (unpaired) electrons. The molecule has 4 rings (SSSR count). The van der Waals surface area contributed by atoms with Crippen molar-refractivity contribution in [1.29, 1.82) is 0 Å². The molecule has 1 atom stereocenters. The van der Waals surface area contributed by atoms with E-state index in [1.807, 2.05) is 24.3 Å². The number of H-pyrrole nitrogens is 1. The lowest BCUT2D eigenvalue weighted by Gasteiger charge is -2.20. The van der Waals surface area contributed by atoms with Gasteiger partial charge in [-0.1, -0.05) is 49.4 Å². The zero-order valence-corrected chi connectivity index (χ0v) is 21.0. The van der Waals surface area contributed by atoms with E-state index >= 15 is 0 Å². The van der Waals surface area contributed by atoms with E-state index in [2.05, 4.69) is 65.0 Å². The molecule has 0 aliphatic carbocycles. The summed E-state index contributed by atoms with van der Waals surface area (Å²) in [7, 11) is 0. The Bertz CT molecular complexity index is 1280. The zero-order valence-electron chi connectivity index (χ0n) is 21.0. The smallest absolute Gasteiger partial charge is 0.305 e. The summed E-state index contributed by atoms with van der Waals surface area (Å²) >= 11 is 0. The van der Waals surface area contributed by atoms with Gasteiger partial charge in [0.15, 0.2) is 0 Å². The Morgan fingerprint density at radius 1 is 1.00 bits per heavy atom. The van der Waals surface area contributed by atoms with Gasteiger partial charge in [-0.2, -0.15) is 0 Å². The van der Waals surface area contributed by atoms with Crippen molar-refractivity contribution >= 4 is 28.5 Å². The van der Waals surface area contributed by atoms with E-state index < -0.39 is 5.97 Å². The van der Waals surface area contributed by atoms with Crippen LogP contribution in [0.15, 0.2) is 78.9 Å². The Kier molecular flexibility index (Phi) is 8.94. The number of carbonyl (C=O) groups is 2. The van der Waals surface area contributed by atoms with Crippen LogP contribution in [0.25, 0.3) is 22.2 Å². The van der Waals surface area contributed by atoms with Gasteiger partial charge in [0.25, 0.3) is 5.91 Å². The fourth-order valence-corrected chi connectivity index (χ4v) is 4.19. The standard InChI is InChI=1S/C30H33N3O4/c1-2-17-37-20-26(32-25-13-11-23(12-14-25)30(36)31-16-15-29(34)35)18-21-7-9-22(10-8-21)28-19-24-5-3-4-6-27(24)33-28/h3-14,19,26,32-33H,2,15-18,20H2,1H3,(H,31,36)(H,34,35)/t26-/m0/s1. The van der Waals surface area contributed by atoms with Gasteiger partial charge >= 0.3 is 5.97 Å². The second-order valence-corrected chi connectivity index (χ2v) is 9.06. The first-order chi connectivity index (χ1) is 18.0. The predicted octanol–water partition coefficient (Wildman–Crippen LogP) is 5.49. The summed E-state index contributed by atoms with van der Waals surface area (Å²) in [5, 5.41) is 16.1. The fraction of sp³-hybridized carbons (Fsp3) is 0.267.